The molecule has 1 atom stereocenters. The molecule has 0 aromatic rings. The number of Topliss-reactive ketones (excluding diaryl/α,β-unsaturated/α-hetero) is 1. The van der Waals surface area contributed by atoms with Crippen LogP contribution in [0.15, 0.2) is 0 Å². The van der Waals surface area contributed by atoms with E-state index in [9.17, 15) is 32.1 Å². The molecular weight excluding hydrogens is 362 g/mol. The van der Waals surface area contributed by atoms with Crippen LogP contribution in [0.5, 0.6) is 0 Å². The summed E-state index contributed by atoms with van der Waals surface area (Å²) < 4.78 is 42.6. The Balaban J connectivity index is 2.23. The number of ketones is 1. The van der Waals surface area contributed by atoms with E-state index in [1.165, 1.54) is 6.92 Å². The first kappa shape index (κ1) is 21.2. The molecule has 0 radical (unpaired) electrons. The van der Waals surface area contributed by atoms with Crippen LogP contribution in [0.2, 0.25) is 0 Å². The lowest BCUT2D eigenvalue weighted by atomic mass is 10.3. The predicted molar refractivity (Wildman–Crippen MR) is 77.6 cm³/mol. The molecule has 0 spiro atoms. The molecule has 2 amide bonds. The predicted octanol–water partition coefficient (Wildman–Crippen LogP) is -1.48. The van der Waals surface area contributed by atoms with Gasteiger partial charge in [-0.05, 0) is 6.92 Å². The molecule has 0 saturated carbocycles. The summed E-state index contributed by atoms with van der Waals surface area (Å²) in [6.07, 6.45) is -0.865. The Morgan fingerprint density at radius 1 is 1.12 bits per heavy atom. The zero-order valence-electron chi connectivity index (χ0n) is 13.5. The molecule has 1 aliphatic heterocycles. The standard InChI is InChI=1S/C13H19NO10S/c1-9(15)2-4-22-6-7-23-5-3-12(17)24-14-11(16)8-10(13(14)18)25(19,20)21/h10H,2-8H2,1H3,(H,19,20,21)/p-1. The molecule has 12 heteroatoms. The van der Waals surface area contributed by atoms with Crippen LogP contribution in [0.25, 0.3) is 0 Å². The van der Waals surface area contributed by atoms with Crippen LogP contribution in [0.3, 0.4) is 0 Å². The highest BCUT2D eigenvalue weighted by molar-refractivity contribution is 7.87. The monoisotopic (exact) mass is 380 g/mol. The van der Waals surface area contributed by atoms with Crippen LogP contribution in [0.1, 0.15) is 26.2 Å². The van der Waals surface area contributed by atoms with Crippen molar-refractivity contribution in [1.82, 2.24) is 5.06 Å². The van der Waals surface area contributed by atoms with Gasteiger partial charge in [-0.2, -0.15) is 0 Å². The fourth-order valence-electron chi connectivity index (χ4n) is 1.74. The first-order chi connectivity index (χ1) is 11.6. The summed E-state index contributed by atoms with van der Waals surface area (Å²) in [6.45, 7) is 1.99. The van der Waals surface area contributed by atoms with Crippen molar-refractivity contribution < 1.29 is 46.5 Å². The second-order valence-electron chi connectivity index (χ2n) is 5.10. The number of rotatable bonds is 11. The summed E-state index contributed by atoms with van der Waals surface area (Å²) in [6, 6.07) is 0. The maximum atomic E-state index is 11.6. The summed E-state index contributed by atoms with van der Waals surface area (Å²) in [7, 11) is -5.00. The summed E-state index contributed by atoms with van der Waals surface area (Å²) >= 11 is 0. The Labute approximate surface area is 143 Å². The molecule has 1 unspecified atom stereocenters. The Morgan fingerprint density at radius 3 is 2.16 bits per heavy atom. The van der Waals surface area contributed by atoms with E-state index in [1.807, 2.05) is 0 Å². The Morgan fingerprint density at radius 2 is 1.68 bits per heavy atom. The van der Waals surface area contributed by atoms with Gasteiger partial charge in [-0.1, -0.05) is 0 Å². The quantitative estimate of drug-likeness (QED) is 0.235. The van der Waals surface area contributed by atoms with Crippen LogP contribution < -0.4 is 0 Å². The number of carbonyl (C=O) groups is 4. The van der Waals surface area contributed by atoms with Crippen LogP contribution >= 0.6 is 0 Å². The molecule has 0 N–H and O–H groups in total. The Hall–Kier alpha value is -1.89. The van der Waals surface area contributed by atoms with Crippen LogP contribution in [-0.4, -0.2) is 73.3 Å². The average Bonchev–Trinajstić information content (AvgIpc) is 2.77. The van der Waals surface area contributed by atoms with Crippen LogP contribution in [0.4, 0.5) is 0 Å². The minimum Gasteiger partial charge on any atom is -0.747 e. The van der Waals surface area contributed by atoms with E-state index in [0.29, 0.717) is 6.42 Å². The number of nitrogens with zero attached hydrogens (tertiary/aromatic N) is 1. The van der Waals surface area contributed by atoms with Crippen molar-refractivity contribution in [3.8, 4) is 0 Å². The third-order valence-corrected chi connectivity index (χ3v) is 4.09. The second-order valence-corrected chi connectivity index (χ2v) is 6.66. The number of hydrogen-bond donors (Lipinski definition) is 0. The van der Waals surface area contributed by atoms with E-state index in [1.54, 1.807) is 0 Å². The molecule has 1 saturated heterocycles. The molecule has 142 valence electrons. The third-order valence-electron chi connectivity index (χ3n) is 3.02. The summed E-state index contributed by atoms with van der Waals surface area (Å²) in [5, 5.41) is -2.08. The first-order valence-corrected chi connectivity index (χ1v) is 8.77. The zero-order chi connectivity index (χ0) is 19.0. The van der Waals surface area contributed by atoms with Crippen molar-refractivity contribution in [2.24, 2.45) is 0 Å². The SMILES string of the molecule is CC(=O)CCOCCOCCC(=O)ON1C(=O)CC(S(=O)(=O)[O-])C1=O. The van der Waals surface area contributed by atoms with Gasteiger partial charge in [0.25, 0.3) is 11.8 Å². The summed E-state index contributed by atoms with van der Waals surface area (Å²) in [5.41, 5.74) is 0. The van der Waals surface area contributed by atoms with E-state index < -0.39 is 39.6 Å². The lowest BCUT2D eigenvalue weighted by Crippen LogP contribution is -2.36. The van der Waals surface area contributed by atoms with Gasteiger partial charge in [0, 0.05) is 6.42 Å². The molecule has 1 fully saturated rings. The zero-order valence-corrected chi connectivity index (χ0v) is 14.3. The van der Waals surface area contributed by atoms with Gasteiger partial charge in [-0.15, -0.1) is 5.06 Å². The third kappa shape index (κ3) is 7.25. The summed E-state index contributed by atoms with van der Waals surface area (Å²) in [5.74, 6) is -3.46. The number of hydrogen-bond acceptors (Lipinski definition) is 10. The molecule has 11 nitrogen and oxygen atoms in total. The van der Waals surface area contributed by atoms with E-state index in [0.717, 1.165) is 0 Å². The van der Waals surface area contributed by atoms with Crippen molar-refractivity contribution in [2.45, 2.75) is 31.4 Å². The van der Waals surface area contributed by atoms with Gasteiger partial charge in [0.15, 0.2) is 0 Å². The fraction of sp³-hybridized carbons (Fsp3) is 0.692. The van der Waals surface area contributed by atoms with Gasteiger partial charge >= 0.3 is 5.97 Å². The number of hydroxylamine groups is 2. The molecule has 1 aliphatic rings. The Kier molecular flexibility index (Phi) is 8.09. The van der Waals surface area contributed by atoms with E-state index >= 15 is 0 Å². The number of imide groups is 1. The maximum absolute atomic E-state index is 11.6. The molecule has 0 aromatic carbocycles. The van der Waals surface area contributed by atoms with Gasteiger partial charge in [-0.25, -0.2) is 13.2 Å². The van der Waals surface area contributed by atoms with Gasteiger partial charge < -0.3 is 18.9 Å². The van der Waals surface area contributed by atoms with E-state index in [2.05, 4.69) is 4.84 Å². The summed E-state index contributed by atoms with van der Waals surface area (Å²) in [4.78, 5) is 49.7. The van der Waals surface area contributed by atoms with Gasteiger partial charge in [0.2, 0.25) is 0 Å². The smallest absolute Gasteiger partial charge is 0.335 e. The highest BCUT2D eigenvalue weighted by Crippen LogP contribution is 2.19. The molecule has 25 heavy (non-hydrogen) atoms. The molecule has 0 aliphatic carbocycles. The second kappa shape index (κ2) is 9.56. The molecule has 1 heterocycles. The van der Waals surface area contributed by atoms with Crippen molar-refractivity contribution >= 4 is 33.7 Å². The lowest BCUT2D eigenvalue weighted by Gasteiger charge is -2.15. The van der Waals surface area contributed by atoms with Gasteiger partial charge in [0.05, 0.1) is 39.3 Å². The number of amides is 2. The minimum absolute atomic E-state index is 0.00156. The minimum atomic E-state index is -5.00. The van der Waals surface area contributed by atoms with E-state index in [4.69, 9.17) is 9.47 Å². The fourth-order valence-corrected chi connectivity index (χ4v) is 2.43. The van der Waals surface area contributed by atoms with Gasteiger partial charge in [-0.3, -0.25) is 14.4 Å². The molecule has 0 bridgehead atoms. The lowest BCUT2D eigenvalue weighted by molar-refractivity contribution is -0.198. The first-order valence-electron chi connectivity index (χ1n) is 7.30. The van der Waals surface area contributed by atoms with Crippen LogP contribution in [0, 0.1) is 0 Å². The highest BCUT2D eigenvalue weighted by atomic mass is 32.2. The van der Waals surface area contributed by atoms with Crippen molar-refractivity contribution in [3.05, 3.63) is 0 Å². The largest absolute Gasteiger partial charge is 0.747 e. The highest BCUT2D eigenvalue weighted by Gasteiger charge is 2.45. The normalized spacial score (nSPS) is 17.8. The maximum Gasteiger partial charge on any atom is 0.335 e. The van der Waals surface area contributed by atoms with Crippen molar-refractivity contribution in [2.75, 3.05) is 26.4 Å². The molecule has 0 aromatic heterocycles. The topological polar surface area (TPSA) is 156 Å². The number of carbonyl (C=O) groups excluding carboxylic acids is 4. The van der Waals surface area contributed by atoms with E-state index in [-0.39, 0.29) is 43.7 Å². The van der Waals surface area contributed by atoms with Crippen molar-refractivity contribution in [1.29, 1.82) is 0 Å². The van der Waals surface area contributed by atoms with Gasteiger partial charge in [0.1, 0.15) is 21.2 Å². The number of ether oxygens (including phenoxy) is 2. The average molecular weight is 380 g/mol. The Bertz CT molecular complexity index is 629. The van der Waals surface area contributed by atoms with Crippen LogP contribution in [-0.2, 0) is 43.6 Å². The molecular formula is C13H18NO10S-. The molecule has 1 rings (SSSR count). The van der Waals surface area contributed by atoms with Crippen molar-refractivity contribution in [3.63, 3.8) is 0 Å².